The fraction of sp³-hybridized carbons (Fsp3) is 0.625. The molecule has 1 atom stereocenters. The first kappa shape index (κ1) is 19.5. The Morgan fingerprint density at radius 3 is 2.71 bits per heavy atom. The van der Waals surface area contributed by atoms with E-state index >= 15 is 0 Å². The average molecular weight is 376 g/mol. The van der Waals surface area contributed by atoms with Crippen molar-refractivity contribution in [3.63, 3.8) is 0 Å². The predicted molar refractivity (Wildman–Crippen MR) is 97.3 cm³/mol. The number of ether oxygens (including phenoxy) is 1. The Hall–Kier alpha value is -0.860. The Labute approximate surface area is 150 Å². The molecule has 2 heterocycles. The minimum atomic E-state index is -3.27. The Morgan fingerprint density at radius 2 is 2.00 bits per heavy atom. The van der Waals surface area contributed by atoms with Gasteiger partial charge in [0, 0.05) is 45.3 Å². The van der Waals surface area contributed by atoms with Crippen LogP contribution in [0.3, 0.4) is 0 Å². The van der Waals surface area contributed by atoms with Crippen LogP contribution in [0.1, 0.15) is 12.0 Å². The summed E-state index contributed by atoms with van der Waals surface area (Å²) in [5.41, 5.74) is 0.773. The van der Waals surface area contributed by atoms with E-state index in [0.29, 0.717) is 24.9 Å². The zero-order chi connectivity index (χ0) is 16.3. The van der Waals surface area contributed by atoms with E-state index in [9.17, 15) is 8.42 Å². The molecule has 2 saturated heterocycles. The molecule has 0 amide bonds. The van der Waals surface area contributed by atoms with Crippen LogP contribution >= 0.6 is 12.4 Å². The van der Waals surface area contributed by atoms with Gasteiger partial charge < -0.3 is 10.1 Å². The van der Waals surface area contributed by atoms with Crippen molar-refractivity contribution in [2.24, 2.45) is 0 Å². The van der Waals surface area contributed by atoms with Gasteiger partial charge in [0.25, 0.3) is 0 Å². The Kier molecular flexibility index (Phi) is 6.88. The van der Waals surface area contributed by atoms with E-state index in [1.165, 1.54) is 0 Å². The van der Waals surface area contributed by atoms with Crippen molar-refractivity contribution >= 4 is 22.4 Å². The lowest BCUT2D eigenvalue weighted by atomic mass is 10.2. The molecule has 6 nitrogen and oxygen atoms in total. The molecule has 2 aliphatic rings. The molecule has 1 N–H and O–H groups in total. The lowest BCUT2D eigenvalue weighted by molar-refractivity contribution is 0.179. The van der Waals surface area contributed by atoms with Crippen molar-refractivity contribution in [1.82, 2.24) is 14.5 Å². The third-order valence-corrected chi connectivity index (χ3v) is 6.49. The van der Waals surface area contributed by atoms with Crippen molar-refractivity contribution in [1.29, 1.82) is 0 Å². The molecule has 0 aliphatic carbocycles. The highest BCUT2D eigenvalue weighted by Gasteiger charge is 2.34. The fourth-order valence-corrected chi connectivity index (χ4v) is 4.94. The minimum absolute atomic E-state index is 0. The number of nitrogens with one attached hydrogen (secondary N) is 1. The molecule has 0 bridgehead atoms. The molecule has 8 heteroatoms. The van der Waals surface area contributed by atoms with E-state index in [1.54, 1.807) is 17.5 Å². The van der Waals surface area contributed by atoms with Crippen LogP contribution in [-0.2, 0) is 15.8 Å². The maximum atomic E-state index is 12.7. The number of nitrogens with zero attached hydrogens (tertiary/aromatic N) is 2. The molecule has 24 heavy (non-hydrogen) atoms. The van der Waals surface area contributed by atoms with Crippen molar-refractivity contribution in [3.05, 3.63) is 29.8 Å². The molecule has 2 aliphatic heterocycles. The Morgan fingerprint density at radius 1 is 1.25 bits per heavy atom. The number of hydrogen-bond donors (Lipinski definition) is 1. The second kappa shape index (κ2) is 8.49. The highest BCUT2D eigenvalue weighted by Crippen LogP contribution is 2.22. The standard InChI is InChI=1S/C16H25N3O3S.ClH/c1-22-16-4-2-3-14(11-16)13-23(20,21)19-8-5-15(12-19)18-9-6-17-7-10-18;/h2-4,11,15,17H,5-10,12-13H2,1H3;1H. The highest BCUT2D eigenvalue weighted by atomic mass is 35.5. The molecule has 0 aromatic heterocycles. The summed E-state index contributed by atoms with van der Waals surface area (Å²) in [6, 6.07) is 7.65. The largest absolute Gasteiger partial charge is 0.497 e. The number of piperazine rings is 1. The van der Waals surface area contributed by atoms with E-state index in [-0.39, 0.29) is 18.2 Å². The highest BCUT2D eigenvalue weighted by molar-refractivity contribution is 7.88. The third-order valence-electron chi connectivity index (χ3n) is 4.67. The topological polar surface area (TPSA) is 61.9 Å². The maximum Gasteiger partial charge on any atom is 0.218 e. The van der Waals surface area contributed by atoms with E-state index in [0.717, 1.165) is 38.2 Å². The van der Waals surface area contributed by atoms with Gasteiger partial charge >= 0.3 is 0 Å². The van der Waals surface area contributed by atoms with E-state index in [1.807, 2.05) is 18.2 Å². The van der Waals surface area contributed by atoms with Gasteiger partial charge in [0.2, 0.25) is 10.0 Å². The van der Waals surface area contributed by atoms with Crippen LogP contribution in [-0.4, -0.2) is 70.0 Å². The second-order valence-corrected chi connectivity index (χ2v) is 8.16. The minimum Gasteiger partial charge on any atom is -0.497 e. The summed E-state index contributed by atoms with van der Waals surface area (Å²) in [5.74, 6) is 0.733. The summed E-state index contributed by atoms with van der Waals surface area (Å²) in [7, 11) is -1.68. The molecular formula is C16H26ClN3O3S. The van der Waals surface area contributed by atoms with Crippen molar-refractivity contribution in [2.75, 3.05) is 46.4 Å². The summed E-state index contributed by atoms with van der Waals surface area (Å²) in [6.07, 6.45) is 0.928. The zero-order valence-electron chi connectivity index (χ0n) is 14.0. The van der Waals surface area contributed by atoms with Gasteiger partial charge in [-0.15, -0.1) is 12.4 Å². The number of benzene rings is 1. The normalized spacial score (nSPS) is 23.0. The SMILES string of the molecule is COc1cccc(CS(=O)(=O)N2CCC(N3CCNCC3)C2)c1.Cl. The first-order valence-electron chi connectivity index (χ1n) is 8.14. The van der Waals surface area contributed by atoms with Gasteiger partial charge in [-0.1, -0.05) is 12.1 Å². The van der Waals surface area contributed by atoms with Crippen LogP contribution < -0.4 is 10.1 Å². The van der Waals surface area contributed by atoms with Crippen molar-refractivity contribution < 1.29 is 13.2 Å². The van der Waals surface area contributed by atoms with Crippen LogP contribution in [0.5, 0.6) is 5.75 Å². The maximum absolute atomic E-state index is 12.7. The second-order valence-electron chi connectivity index (χ2n) is 6.19. The number of hydrogen-bond acceptors (Lipinski definition) is 5. The summed E-state index contributed by atoms with van der Waals surface area (Å²) in [4.78, 5) is 2.41. The third kappa shape index (κ3) is 4.61. The van der Waals surface area contributed by atoms with Gasteiger partial charge in [-0.05, 0) is 24.1 Å². The molecule has 136 valence electrons. The van der Waals surface area contributed by atoms with Crippen LogP contribution in [0.2, 0.25) is 0 Å². The number of methoxy groups -OCH3 is 1. The first-order valence-corrected chi connectivity index (χ1v) is 9.75. The molecule has 0 radical (unpaired) electrons. The van der Waals surface area contributed by atoms with Crippen LogP contribution in [0.25, 0.3) is 0 Å². The van der Waals surface area contributed by atoms with Gasteiger partial charge in [0.1, 0.15) is 5.75 Å². The molecule has 3 rings (SSSR count). The molecule has 1 aromatic carbocycles. The average Bonchev–Trinajstić information content (AvgIpc) is 3.06. The smallest absolute Gasteiger partial charge is 0.218 e. The number of rotatable bonds is 5. The van der Waals surface area contributed by atoms with E-state index < -0.39 is 10.0 Å². The molecule has 2 fully saturated rings. The summed E-state index contributed by atoms with van der Waals surface area (Å²) in [6.45, 7) is 5.25. The van der Waals surface area contributed by atoms with E-state index in [2.05, 4.69) is 10.2 Å². The monoisotopic (exact) mass is 375 g/mol. The number of sulfonamides is 1. The predicted octanol–water partition coefficient (Wildman–Crippen LogP) is 0.926. The summed E-state index contributed by atoms with van der Waals surface area (Å²) >= 11 is 0. The molecular weight excluding hydrogens is 350 g/mol. The fourth-order valence-electron chi connectivity index (χ4n) is 3.37. The molecule has 1 aromatic rings. The molecule has 1 unspecified atom stereocenters. The van der Waals surface area contributed by atoms with Crippen LogP contribution in [0.4, 0.5) is 0 Å². The quantitative estimate of drug-likeness (QED) is 0.829. The summed E-state index contributed by atoms with van der Waals surface area (Å²) < 4.78 is 32.2. The first-order chi connectivity index (χ1) is 11.1. The lowest BCUT2D eigenvalue weighted by Gasteiger charge is -2.32. The van der Waals surface area contributed by atoms with Gasteiger partial charge in [-0.2, -0.15) is 0 Å². The van der Waals surface area contributed by atoms with Gasteiger partial charge in [-0.25, -0.2) is 12.7 Å². The Balaban J connectivity index is 0.00000208. The number of halogens is 1. The van der Waals surface area contributed by atoms with Gasteiger partial charge in [0.15, 0.2) is 0 Å². The summed E-state index contributed by atoms with van der Waals surface area (Å²) in [5, 5.41) is 3.34. The van der Waals surface area contributed by atoms with Gasteiger partial charge in [0.05, 0.1) is 12.9 Å². The van der Waals surface area contributed by atoms with Crippen molar-refractivity contribution in [2.45, 2.75) is 18.2 Å². The van der Waals surface area contributed by atoms with Gasteiger partial charge in [-0.3, -0.25) is 4.90 Å². The molecule has 0 saturated carbocycles. The molecule has 0 spiro atoms. The van der Waals surface area contributed by atoms with Crippen molar-refractivity contribution in [3.8, 4) is 5.75 Å². The zero-order valence-corrected chi connectivity index (χ0v) is 15.6. The van der Waals surface area contributed by atoms with Crippen LogP contribution in [0, 0.1) is 0 Å². The van der Waals surface area contributed by atoms with Crippen LogP contribution in [0.15, 0.2) is 24.3 Å². The Bertz CT molecular complexity index is 635. The lowest BCUT2D eigenvalue weighted by Crippen LogP contribution is -2.49. The van der Waals surface area contributed by atoms with E-state index in [4.69, 9.17) is 4.74 Å².